The quantitative estimate of drug-likeness (QED) is 0.638. The van der Waals surface area contributed by atoms with E-state index in [-0.39, 0.29) is 0 Å². The van der Waals surface area contributed by atoms with E-state index in [4.69, 9.17) is 4.99 Å². The summed E-state index contributed by atoms with van der Waals surface area (Å²) in [7, 11) is 0. The van der Waals surface area contributed by atoms with Gasteiger partial charge in [0.1, 0.15) is 0 Å². The first-order chi connectivity index (χ1) is 9.83. The Morgan fingerprint density at radius 1 is 1.25 bits per heavy atom. The van der Waals surface area contributed by atoms with Gasteiger partial charge in [-0.25, -0.2) is 0 Å². The summed E-state index contributed by atoms with van der Waals surface area (Å²) in [5.74, 6) is 5.86. The SMILES string of the molecule is CCNC(=NCC1CCSCC1)N1CCSC(CC)C1. The second-order valence-corrected chi connectivity index (χ2v) is 8.23. The van der Waals surface area contributed by atoms with Gasteiger partial charge in [0.05, 0.1) is 0 Å². The molecule has 2 fully saturated rings. The van der Waals surface area contributed by atoms with Crippen LogP contribution >= 0.6 is 23.5 Å². The smallest absolute Gasteiger partial charge is 0.193 e. The molecule has 2 aliphatic heterocycles. The zero-order valence-corrected chi connectivity index (χ0v) is 14.6. The highest BCUT2D eigenvalue weighted by atomic mass is 32.2. The Morgan fingerprint density at radius 3 is 2.75 bits per heavy atom. The van der Waals surface area contributed by atoms with Crippen LogP contribution in [0.3, 0.4) is 0 Å². The van der Waals surface area contributed by atoms with Gasteiger partial charge < -0.3 is 10.2 Å². The fourth-order valence-corrected chi connectivity index (χ4v) is 5.11. The average Bonchev–Trinajstić information content (AvgIpc) is 2.52. The zero-order valence-electron chi connectivity index (χ0n) is 12.9. The molecule has 0 aromatic rings. The molecule has 2 aliphatic rings. The largest absolute Gasteiger partial charge is 0.357 e. The molecule has 0 radical (unpaired) electrons. The van der Waals surface area contributed by atoms with Crippen LogP contribution in [0.5, 0.6) is 0 Å². The molecule has 1 atom stereocenters. The molecule has 2 rings (SSSR count). The normalized spacial score (nSPS) is 25.8. The zero-order chi connectivity index (χ0) is 14.2. The molecule has 0 bridgehead atoms. The van der Waals surface area contributed by atoms with Crippen molar-refractivity contribution >= 4 is 29.5 Å². The summed E-state index contributed by atoms with van der Waals surface area (Å²) >= 11 is 4.22. The van der Waals surface area contributed by atoms with E-state index in [0.29, 0.717) is 0 Å². The van der Waals surface area contributed by atoms with Crippen LogP contribution in [-0.4, -0.2) is 59.5 Å². The molecule has 20 heavy (non-hydrogen) atoms. The van der Waals surface area contributed by atoms with E-state index >= 15 is 0 Å². The van der Waals surface area contributed by atoms with Crippen LogP contribution in [0.1, 0.15) is 33.1 Å². The first-order valence-electron chi connectivity index (χ1n) is 8.06. The van der Waals surface area contributed by atoms with Crippen LogP contribution in [0.2, 0.25) is 0 Å². The van der Waals surface area contributed by atoms with Crippen LogP contribution in [0.15, 0.2) is 4.99 Å². The molecule has 0 amide bonds. The summed E-state index contributed by atoms with van der Waals surface area (Å²) < 4.78 is 0. The van der Waals surface area contributed by atoms with Crippen molar-refractivity contribution < 1.29 is 0 Å². The summed E-state index contributed by atoms with van der Waals surface area (Å²) in [4.78, 5) is 7.42. The molecular formula is C15H29N3S2. The summed E-state index contributed by atoms with van der Waals surface area (Å²) in [6.07, 6.45) is 3.96. The Bertz CT molecular complexity index is 303. The van der Waals surface area contributed by atoms with Crippen molar-refractivity contribution in [1.82, 2.24) is 10.2 Å². The molecule has 3 nitrogen and oxygen atoms in total. The third kappa shape index (κ3) is 5.06. The second-order valence-electron chi connectivity index (χ2n) is 5.60. The van der Waals surface area contributed by atoms with E-state index in [1.54, 1.807) is 0 Å². The number of nitrogens with one attached hydrogen (secondary N) is 1. The summed E-state index contributed by atoms with van der Waals surface area (Å²) in [6, 6.07) is 0. The summed E-state index contributed by atoms with van der Waals surface area (Å²) in [6.45, 7) is 8.76. The minimum Gasteiger partial charge on any atom is -0.357 e. The monoisotopic (exact) mass is 315 g/mol. The molecule has 116 valence electrons. The van der Waals surface area contributed by atoms with Gasteiger partial charge in [-0.05, 0) is 43.6 Å². The van der Waals surface area contributed by atoms with Crippen molar-refractivity contribution in [3.05, 3.63) is 0 Å². The first kappa shape index (κ1) is 16.3. The molecule has 0 aromatic heterocycles. The van der Waals surface area contributed by atoms with Gasteiger partial charge in [0.2, 0.25) is 0 Å². The van der Waals surface area contributed by atoms with E-state index in [1.807, 2.05) is 0 Å². The van der Waals surface area contributed by atoms with Gasteiger partial charge in [0.25, 0.3) is 0 Å². The fraction of sp³-hybridized carbons (Fsp3) is 0.933. The Hall–Kier alpha value is -0.0300. The Labute approximate surface area is 132 Å². The first-order valence-corrected chi connectivity index (χ1v) is 10.3. The van der Waals surface area contributed by atoms with Crippen LogP contribution < -0.4 is 5.32 Å². The van der Waals surface area contributed by atoms with E-state index in [9.17, 15) is 0 Å². The average molecular weight is 316 g/mol. The maximum atomic E-state index is 4.94. The minimum absolute atomic E-state index is 0.777. The van der Waals surface area contributed by atoms with E-state index in [2.05, 4.69) is 47.6 Å². The highest BCUT2D eigenvalue weighted by molar-refractivity contribution is 8.00. The van der Waals surface area contributed by atoms with Gasteiger partial charge in [-0.3, -0.25) is 4.99 Å². The number of hydrogen-bond acceptors (Lipinski definition) is 3. The van der Waals surface area contributed by atoms with Gasteiger partial charge in [-0.2, -0.15) is 23.5 Å². The maximum Gasteiger partial charge on any atom is 0.193 e. The summed E-state index contributed by atoms with van der Waals surface area (Å²) in [5.41, 5.74) is 0. The van der Waals surface area contributed by atoms with Crippen molar-refractivity contribution in [2.24, 2.45) is 10.9 Å². The number of hydrogen-bond donors (Lipinski definition) is 1. The van der Waals surface area contributed by atoms with Crippen molar-refractivity contribution in [2.75, 3.05) is 43.4 Å². The van der Waals surface area contributed by atoms with Crippen molar-refractivity contribution in [2.45, 2.75) is 38.4 Å². The molecule has 5 heteroatoms. The van der Waals surface area contributed by atoms with Gasteiger partial charge in [0, 0.05) is 37.2 Å². The molecule has 1 N–H and O–H groups in total. The molecule has 0 aliphatic carbocycles. The van der Waals surface area contributed by atoms with Crippen molar-refractivity contribution in [3.8, 4) is 0 Å². The number of guanidine groups is 1. The topological polar surface area (TPSA) is 27.6 Å². The van der Waals surface area contributed by atoms with Crippen LogP contribution in [0.25, 0.3) is 0 Å². The standard InChI is InChI=1S/C15H29N3S2/c1-3-14-12-18(7-10-20-14)15(16-4-2)17-11-13-5-8-19-9-6-13/h13-14H,3-12H2,1-2H3,(H,16,17). The lowest BCUT2D eigenvalue weighted by atomic mass is 10.0. The third-order valence-electron chi connectivity index (χ3n) is 4.07. The summed E-state index contributed by atoms with van der Waals surface area (Å²) in [5, 5.41) is 4.27. The van der Waals surface area contributed by atoms with E-state index in [0.717, 1.165) is 43.3 Å². The highest BCUT2D eigenvalue weighted by Gasteiger charge is 2.22. The van der Waals surface area contributed by atoms with Crippen LogP contribution in [-0.2, 0) is 0 Å². The lowest BCUT2D eigenvalue weighted by Crippen LogP contribution is -2.48. The minimum atomic E-state index is 0.777. The molecule has 1 unspecified atom stereocenters. The number of aliphatic imine (C=N–C) groups is 1. The predicted octanol–water partition coefficient (Wildman–Crippen LogP) is 2.92. The van der Waals surface area contributed by atoms with Gasteiger partial charge in [-0.15, -0.1) is 0 Å². The lowest BCUT2D eigenvalue weighted by Gasteiger charge is -2.34. The van der Waals surface area contributed by atoms with Crippen LogP contribution in [0, 0.1) is 5.92 Å². The van der Waals surface area contributed by atoms with Crippen molar-refractivity contribution in [3.63, 3.8) is 0 Å². The number of rotatable bonds is 4. The molecule has 2 heterocycles. The van der Waals surface area contributed by atoms with Gasteiger partial charge >= 0.3 is 0 Å². The fourth-order valence-electron chi connectivity index (χ4n) is 2.73. The molecule has 2 saturated heterocycles. The van der Waals surface area contributed by atoms with Crippen molar-refractivity contribution in [1.29, 1.82) is 0 Å². The van der Waals surface area contributed by atoms with E-state index in [1.165, 1.54) is 36.5 Å². The second kappa shape index (κ2) is 9.08. The van der Waals surface area contributed by atoms with Gasteiger partial charge in [0.15, 0.2) is 5.96 Å². The predicted molar refractivity (Wildman–Crippen MR) is 94.1 cm³/mol. The third-order valence-corrected chi connectivity index (χ3v) is 6.49. The Morgan fingerprint density at radius 2 is 2.05 bits per heavy atom. The molecular weight excluding hydrogens is 286 g/mol. The number of thioether (sulfide) groups is 2. The number of nitrogens with zero attached hydrogens (tertiary/aromatic N) is 2. The molecule has 0 aromatic carbocycles. The molecule has 0 spiro atoms. The highest BCUT2D eigenvalue weighted by Crippen LogP contribution is 2.24. The Kier molecular flexibility index (Phi) is 7.42. The maximum absolute atomic E-state index is 4.94. The van der Waals surface area contributed by atoms with Gasteiger partial charge in [-0.1, -0.05) is 6.92 Å². The molecule has 0 saturated carbocycles. The van der Waals surface area contributed by atoms with Crippen LogP contribution in [0.4, 0.5) is 0 Å². The van der Waals surface area contributed by atoms with E-state index < -0.39 is 0 Å². The Balaban J connectivity index is 1.90. The lowest BCUT2D eigenvalue weighted by molar-refractivity contribution is 0.404.